The number of ether oxygens (including phenoxy) is 1. The molecule has 8 heteroatoms. The van der Waals surface area contributed by atoms with Crippen molar-refractivity contribution >= 4 is 34.9 Å². The van der Waals surface area contributed by atoms with E-state index in [-0.39, 0.29) is 24.5 Å². The predicted molar refractivity (Wildman–Crippen MR) is 107 cm³/mol. The highest BCUT2D eigenvalue weighted by Crippen LogP contribution is 2.23. The average molecular weight is 382 g/mol. The van der Waals surface area contributed by atoms with Crippen molar-refractivity contribution in [3.63, 3.8) is 0 Å². The van der Waals surface area contributed by atoms with E-state index in [1.165, 1.54) is 7.11 Å². The molecular formula is C20H22N4O4. The first-order valence-electron chi connectivity index (χ1n) is 8.84. The average Bonchev–Trinajstić information content (AvgIpc) is 3.07. The quantitative estimate of drug-likeness (QED) is 0.714. The van der Waals surface area contributed by atoms with Crippen LogP contribution in [0, 0.1) is 6.92 Å². The second kappa shape index (κ2) is 8.53. The molecule has 1 fully saturated rings. The molecule has 0 spiro atoms. The summed E-state index contributed by atoms with van der Waals surface area (Å²) in [7, 11) is 1.44. The Morgan fingerprint density at radius 2 is 1.89 bits per heavy atom. The number of carbonyl (C=O) groups is 3. The Morgan fingerprint density at radius 3 is 2.54 bits per heavy atom. The third kappa shape index (κ3) is 4.47. The number of methoxy groups -OCH3 is 1. The van der Waals surface area contributed by atoms with Gasteiger partial charge in [-0.05, 0) is 48.9 Å². The largest absolute Gasteiger partial charge is 0.375 e. The maximum absolute atomic E-state index is 12.6. The number of hydrogen-bond acceptors (Lipinski definition) is 4. The van der Waals surface area contributed by atoms with Crippen molar-refractivity contribution in [3.05, 3.63) is 53.6 Å². The molecule has 3 N–H and O–H groups in total. The fourth-order valence-corrected chi connectivity index (χ4v) is 3.01. The number of anilines is 3. The van der Waals surface area contributed by atoms with Crippen molar-refractivity contribution in [1.29, 1.82) is 0 Å². The number of nitrogens with one attached hydrogen (secondary N) is 3. The van der Waals surface area contributed by atoms with Crippen molar-refractivity contribution in [2.24, 2.45) is 0 Å². The van der Waals surface area contributed by atoms with Gasteiger partial charge in [0.25, 0.3) is 5.91 Å². The Labute approximate surface area is 162 Å². The van der Waals surface area contributed by atoms with Gasteiger partial charge in [-0.2, -0.15) is 0 Å². The number of rotatable bonds is 6. The molecule has 2 aromatic carbocycles. The first-order chi connectivity index (χ1) is 13.5. The Balaban J connectivity index is 1.70. The monoisotopic (exact) mass is 382 g/mol. The lowest BCUT2D eigenvalue weighted by Gasteiger charge is -2.17. The van der Waals surface area contributed by atoms with Gasteiger partial charge in [-0.1, -0.05) is 6.07 Å². The van der Waals surface area contributed by atoms with E-state index in [0.29, 0.717) is 30.0 Å². The Bertz CT molecular complexity index is 913. The zero-order valence-electron chi connectivity index (χ0n) is 15.7. The highest BCUT2D eigenvalue weighted by molar-refractivity contribution is 6.05. The molecule has 146 valence electrons. The van der Waals surface area contributed by atoms with Crippen LogP contribution in [0.25, 0.3) is 0 Å². The normalized spacial score (nSPS) is 13.2. The fourth-order valence-electron chi connectivity index (χ4n) is 3.01. The molecule has 0 aromatic heterocycles. The number of nitrogens with zero attached hydrogens (tertiary/aromatic N) is 1. The number of urea groups is 1. The van der Waals surface area contributed by atoms with Crippen LogP contribution < -0.4 is 20.9 Å². The van der Waals surface area contributed by atoms with Crippen LogP contribution in [0.4, 0.5) is 21.9 Å². The van der Waals surface area contributed by atoms with E-state index in [1.807, 2.05) is 6.92 Å². The van der Waals surface area contributed by atoms with E-state index in [1.54, 1.807) is 47.4 Å². The Kier molecular flexibility index (Phi) is 5.90. The molecule has 2 aromatic rings. The maximum Gasteiger partial charge on any atom is 0.322 e. The number of benzene rings is 2. The molecule has 0 atom stereocenters. The van der Waals surface area contributed by atoms with E-state index >= 15 is 0 Å². The molecule has 28 heavy (non-hydrogen) atoms. The summed E-state index contributed by atoms with van der Waals surface area (Å²) in [5, 5.41) is 8.27. The van der Waals surface area contributed by atoms with Gasteiger partial charge in [0.1, 0.15) is 6.61 Å². The Morgan fingerprint density at radius 1 is 1.14 bits per heavy atom. The molecule has 1 aliphatic heterocycles. The first-order valence-corrected chi connectivity index (χ1v) is 8.84. The van der Waals surface area contributed by atoms with Crippen molar-refractivity contribution in [2.45, 2.75) is 6.92 Å². The van der Waals surface area contributed by atoms with Gasteiger partial charge >= 0.3 is 6.03 Å². The molecule has 1 heterocycles. The second-order valence-electron chi connectivity index (χ2n) is 6.40. The van der Waals surface area contributed by atoms with E-state index < -0.39 is 0 Å². The number of amides is 4. The number of hydrogen-bond donors (Lipinski definition) is 3. The molecule has 0 unspecified atom stereocenters. The molecule has 3 rings (SSSR count). The molecule has 0 radical (unpaired) electrons. The maximum atomic E-state index is 12.6. The lowest BCUT2D eigenvalue weighted by molar-refractivity contribution is -0.119. The molecule has 4 amide bonds. The highest BCUT2D eigenvalue weighted by Gasteiger charge is 2.23. The van der Waals surface area contributed by atoms with Gasteiger partial charge in [-0.25, -0.2) is 4.79 Å². The molecule has 0 aliphatic carbocycles. The summed E-state index contributed by atoms with van der Waals surface area (Å²) >= 11 is 0. The summed E-state index contributed by atoms with van der Waals surface area (Å²) in [6, 6.07) is 11.9. The third-order valence-electron chi connectivity index (χ3n) is 4.29. The lowest BCUT2D eigenvalue weighted by Crippen LogP contribution is -2.28. The lowest BCUT2D eigenvalue weighted by atomic mass is 10.1. The first kappa shape index (κ1) is 19.4. The topological polar surface area (TPSA) is 99.8 Å². The molecule has 0 bridgehead atoms. The van der Waals surface area contributed by atoms with Crippen LogP contribution in [0.15, 0.2) is 42.5 Å². The summed E-state index contributed by atoms with van der Waals surface area (Å²) < 4.78 is 4.78. The van der Waals surface area contributed by atoms with Gasteiger partial charge in [0, 0.05) is 42.8 Å². The number of carbonyl (C=O) groups excluding carboxylic acids is 3. The van der Waals surface area contributed by atoms with Crippen LogP contribution in [-0.2, 0) is 9.53 Å². The van der Waals surface area contributed by atoms with Gasteiger partial charge in [-0.3, -0.25) is 14.5 Å². The summed E-state index contributed by atoms with van der Waals surface area (Å²) in [4.78, 5) is 37.7. The van der Waals surface area contributed by atoms with E-state index in [4.69, 9.17) is 4.74 Å². The van der Waals surface area contributed by atoms with E-state index in [9.17, 15) is 14.4 Å². The van der Waals surface area contributed by atoms with Crippen LogP contribution in [-0.4, -0.2) is 44.7 Å². The van der Waals surface area contributed by atoms with Gasteiger partial charge < -0.3 is 20.7 Å². The van der Waals surface area contributed by atoms with Crippen LogP contribution in [0.3, 0.4) is 0 Å². The zero-order valence-corrected chi connectivity index (χ0v) is 15.7. The minimum atomic E-state index is -0.277. The van der Waals surface area contributed by atoms with Gasteiger partial charge in [0.15, 0.2) is 0 Å². The van der Waals surface area contributed by atoms with Crippen molar-refractivity contribution in [2.75, 3.05) is 42.3 Å². The third-order valence-corrected chi connectivity index (χ3v) is 4.29. The van der Waals surface area contributed by atoms with Crippen LogP contribution in [0.2, 0.25) is 0 Å². The minimum absolute atomic E-state index is 0.0444. The highest BCUT2D eigenvalue weighted by atomic mass is 16.5. The Hall–Kier alpha value is -3.39. The summed E-state index contributed by atoms with van der Waals surface area (Å²) in [6.45, 7) is 3.03. The van der Waals surface area contributed by atoms with E-state index in [2.05, 4.69) is 16.0 Å². The summed E-state index contributed by atoms with van der Waals surface area (Å²) in [5.74, 6) is -0.552. The second-order valence-corrected chi connectivity index (χ2v) is 6.40. The molecule has 0 saturated carbocycles. The molecular weight excluding hydrogens is 360 g/mol. The van der Waals surface area contributed by atoms with Crippen LogP contribution >= 0.6 is 0 Å². The standard InChI is InChI=1S/C20H22N4O4/c1-13-10-14(6-7-17(13)24-9-8-21-20(24)27)19(26)23-16-5-3-4-15(11-16)22-18(25)12-28-2/h3-7,10-11H,8-9,12H2,1-2H3,(H,21,27)(H,22,25)(H,23,26). The van der Waals surface area contributed by atoms with Crippen molar-refractivity contribution in [3.8, 4) is 0 Å². The molecule has 8 nitrogen and oxygen atoms in total. The summed E-state index contributed by atoms with van der Waals surface area (Å²) in [5.41, 5.74) is 3.22. The smallest absolute Gasteiger partial charge is 0.322 e. The molecule has 1 aliphatic rings. The predicted octanol–water partition coefficient (Wildman–Crippen LogP) is 2.36. The van der Waals surface area contributed by atoms with Crippen LogP contribution in [0.5, 0.6) is 0 Å². The molecule has 1 saturated heterocycles. The van der Waals surface area contributed by atoms with Gasteiger partial charge in [0.05, 0.1) is 0 Å². The van der Waals surface area contributed by atoms with E-state index in [0.717, 1.165) is 11.3 Å². The summed E-state index contributed by atoms with van der Waals surface area (Å²) in [6.07, 6.45) is 0. The van der Waals surface area contributed by atoms with Crippen molar-refractivity contribution < 1.29 is 19.1 Å². The van der Waals surface area contributed by atoms with Crippen LogP contribution in [0.1, 0.15) is 15.9 Å². The zero-order chi connectivity index (χ0) is 20.1. The minimum Gasteiger partial charge on any atom is -0.375 e. The van der Waals surface area contributed by atoms with Crippen molar-refractivity contribution in [1.82, 2.24) is 5.32 Å². The SMILES string of the molecule is COCC(=O)Nc1cccc(NC(=O)c2ccc(N3CCNC3=O)c(C)c2)c1. The fraction of sp³-hybridized carbons (Fsp3) is 0.250. The number of aryl methyl sites for hydroxylation is 1. The van der Waals surface area contributed by atoms with Gasteiger partial charge in [0.2, 0.25) is 5.91 Å². The van der Waals surface area contributed by atoms with Gasteiger partial charge in [-0.15, -0.1) is 0 Å².